The zero-order valence-electron chi connectivity index (χ0n) is 9.80. The number of ether oxygens (including phenoxy) is 2. The summed E-state index contributed by atoms with van der Waals surface area (Å²) in [5, 5.41) is 19.1. The van der Waals surface area contributed by atoms with E-state index in [1.54, 1.807) is 19.1 Å². The van der Waals surface area contributed by atoms with E-state index in [-0.39, 0.29) is 5.75 Å². The molecule has 0 heterocycles. The zero-order chi connectivity index (χ0) is 12.1. The summed E-state index contributed by atoms with van der Waals surface area (Å²) in [5.41, 5.74) is 0.784. The van der Waals surface area contributed by atoms with Gasteiger partial charge in [-0.05, 0) is 31.5 Å². The first kappa shape index (κ1) is 12.8. The number of aromatic hydroxyl groups is 1. The molecular weight excluding hydrogens is 208 g/mol. The van der Waals surface area contributed by atoms with Crippen LogP contribution in [0.5, 0.6) is 11.5 Å². The van der Waals surface area contributed by atoms with E-state index in [4.69, 9.17) is 9.47 Å². The summed E-state index contributed by atoms with van der Waals surface area (Å²) in [6, 6.07) is 4.91. The first-order valence-corrected chi connectivity index (χ1v) is 5.26. The predicted molar refractivity (Wildman–Crippen MR) is 60.7 cm³/mol. The van der Waals surface area contributed by atoms with Crippen molar-refractivity contribution in [1.29, 1.82) is 0 Å². The van der Waals surface area contributed by atoms with Crippen molar-refractivity contribution >= 4 is 0 Å². The molecule has 4 heteroatoms. The van der Waals surface area contributed by atoms with Crippen LogP contribution in [0.25, 0.3) is 0 Å². The molecule has 0 aliphatic rings. The second kappa shape index (κ2) is 5.72. The van der Waals surface area contributed by atoms with Crippen LogP contribution < -0.4 is 4.74 Å². The molecule has 4 nitrogen and oxygen atoms in total. The highest BCUT2D eigenvalue weighted by Gasteiger charge is 2.18. The summed E-state index contributed by atoms with van der Waals surface area (Å²) in [6.45, 7) is 4.05. The highest BCUT2D eigenvalue weighted by Crippen LogP contribution is 2.31. The van der Waals surface area contributed by atoms with Crippen molar-refractivity contribution in [3.8, 4) is 11.5 Å². The van der Waals surface area contributed by atoms with Gasteiger partial charge in [-0.1, -0.05) is 6.07 Å². The molecule has 1 rings (SSSR count). The maximum atomic E-state index is 9.60. The summed E-state index contributed by atoms with van der Waals surface area (Å²) in [6.07, 6.45) is -1.02. The number of hydrogen-bond acceptors (Lipinski definition) is 4. The number of phenols is 1. The van der Waals surface area contributed by atoms with E-state index in [1.807, 2.05) is 6.92 Å². The van der Waals surface area contributed by atoms with E-state index < -0.39 is 12.2 Å². The van der Waals surface area contributed by atoms with Gasteiger partial charge in [0.15, 0.2) is 11.5 Å². The van der Waals surface area contributed by atoms with Gasteiger partial charge in [0.1, 0.15) is 6.10 Å². The lowest BCUT2D eigenvalue weighted by Crippen LogP contribution is -2.18. The topological polar surface area (TPSA) is 58.9 Å². The quantitative estimate of drug-likeness (QED) is 0.804. The fourth-order valence-electron chi connectivity index (χ4n) is 1.56. The Morgan fingerprint density at radius 3 is 2.56 bits per heavy atom. The second-order valence-electron chi connectivity index (χ2n) is 3.55. The molecule has 0 bridgehead atoms. The lowest BCUT2D eigenvalue weighted by atomic mass is 10.0. The molecule has 0 saturated carbocycles. The third-order valence-corrected chi connectivity index (χ3v) is 2.32. The molecule has 0 aromatic heterocycles. The van der Waals surface area contributed by atoms with Crippen LogP contribution in [0.1, 0.15) is 25.5 Å². The Bertz CT molecular complexity index is 336. The van der Waals surface area contributed by atoms with Crippen molar-refractivity contribution in [2.75, 3.05) is 13.7 Å². The molecule has 16 heavy (non-hydrogen) atoms. The maximum Gasteiger partial charge on any atom is 0.160 e. The van der Waals surface area contributed by atoms with Crippen LogP contribution in [0.15, 0.2) is 18.2 Å². The SMILES string of the molecule is CCO[C@H](c1ccc(O)c(OC)c1)[C@H](C)O. The highest BCUT2D eigenvalue weighted by atomic mass is 16.5. The van der Waals surface area contributed by atoms with Crippen molar-refractivity contribution in [2.24, 2.45) is 0 Å². The fourth-order valence-corrected chi connectivity index (χ4v) is 1.56. The number of rotatable bonds is 5. The van der Waals surface area contributed by atoms with Crippen molar-refractivity contribution in [1.82, 2.24) is 0 Å². The molecule has 0 amide bonds. The molecule has 2 atom stereocenters. The molecule has 0 spiro atoms. The number of aliphatic hydroxyl groups is 1. The number of methoxy groups -OCH3 is 1. The monoisotopic (exact) mass is 226 g/mol. The van der Waals surface area contributed by atoms with E-state index in [0.29, 0.717) is 12.4 Å². The van der Waals surface area contributed by atoms with Crippen LogP contribution in [-0.2, 0) is 4.74 Å². The van der Waals surface area contributed by atoms with Crippen LogP contribution in [-0.4, -0.2) is 30.0 Å². The molecule has 2 N–H and O–H groups in total. The Morgan fingerprint density at radius 2 is 2.06 bits per heavy atom. The summed E-state index contributed by atoms with van der Waals surface area (Å²) >= 11 is 0. The van der Waals surface area contributed by atoms with Gasteiger partial charge in [0.2, 0.25) is 0 Å². The third-order valence-electron chi connectivity index (χ3n) is 2.32. The van der Waals surface area contributed by atoms with Gasteiger partial charge < -0.3 is 19.7 Å². The Kier molecular flexibility index (Phi) is 4.58. The number of hydrogen-bond donors (Lipinski definition) is 2. The third kappa shape index (κ3) is 2.87. The molecule has 90 valence electrons. The minimum atomic E-state index is -0.616. The highest BCUT2D eigenvalue weighted by molar-refractivity contribution is 5.42. The molecule has 0 aliphatic heterocycles. The Balaban J connectivity index is 3.00. The van der Waals surface area contributed by atoms with Crippen molar-refractivity contribution in [3.63, 3.8) is 0 Å². The van der Waals surface area contributed by atoms with Crippen molar-refractivity contribution in [2.45, 2.75) is 26.1 Å². The summed E-state index contributed by atoms with van der Waals surface area (Å²) < 4.78 is 10.4. The van der Waals surface area contributed by atoms with Gasteiger partial charge in [0.05, 0.1) is 13.2 Å². The van der Waals surface area contributed by atoms with Crippen LogP contribution >= 0.6 is 0 Å². The summed E-state index contributed by atoms with van der Waals surface area (Å²) in [7, 11) is 1.48. The number of aliphatic hydroxyl groups excluding tert-OH is 1. The Morgan fingerprint density at radius 1 is 1.38 bits per heavy atom. The molecular formula is C12H18O4. The molecule has 0 unspecified atom stereocenters. The van der Waals surface area contributed by atoms with Crippen molar-refractivity contribution < 1.29 is 19.7 Å². The molecule has 0 radical (unpaired) electrons. The van der Waals surface area contributed by atoms with Crippen molar-refractivity contribution in [3.05, 3.63) is 23.8 Å². The van der Waals surface area contributed by atoms with Crippen LogP contribution in [0.2, 0.25) is 0 Å². The largest absolute Gasteiger partial charge is 0.504 e. The second-order valence-corrected chi connectivity index (χ2v) is 3.55. The zero-order valence-corrected chi connectivity index (χ0v) is 9.80. The van der Waals surface area contributed by atoms with E-state index in [0.717, 1.165) is 5.56 Å². The molecule has 0 aliphatic carbocycles. The average molecular weight is 226 g/mol. The molecule has 0 fully saturated rings. The molecule has 0 saturated heterocycles. The van der Waals surface area contributed by atoms with Gasteiger partial charge in [0, 0.05) is 6.61 Å². The number of phenolic OH excluding ortho intramolecular Hbond substituents is 1. The summed E-state index contributed by atoms with van der Waals surface area (Å²) in [4.78, 5) is 0. The average Bonchev–Trinajstić information content (AvgIpc) is 2.26. The summed E-state index contributed by atoms with van der Waals surface area (Å²) in [5.74, 6) is 0.454. The number of benzene rings is 1. The van der Waals surface area contributed by atoms with Crippen LogP contribution in [0, 0.1) is 0 Å². The van der Waals surface area contributed by atoms with Gasteiger partial charge in [-0.25, -0.2) is 0 Å². The van der Waals surface area contributed by atoms with Crippen LogP contribution in [0.4, 0.5) is 0 Å². The lowest BCUT2D eigenvalue weighted by Gasteiger charge is -2.21. The molecule has 1 aromatic carbocycles. The lowest BCUT2D eigenvalue weighted by molar-refractivity contribution is -0.0260. The first-order valence-electron chi connectivity index (χ1n) is 5.26. The van der Waals surface area contributed by atoms with E-state index in [2.05, 4.69) is 0 Å². The minimum absolute atomic E-state index is 0.0760. The smallest absolute Gasteiger partial charge is 0.160 e. The van der Waals surface area contributed by atoms with Gasteiger partial charge in [-0.15, -0.1) is 0 Å². The normalized spacial score (nSPS) is 14.5. The van der Waals surface area contributed by atoms with Gasteiger partial charge in [0.25, 0.3) is 0 Å². The van der Waals surface area contributed by atoms with Gasteiger partial charge in [-0.3, -0.25) is 0 Å². The Hall–Kier alpha value is -1.26. The predicted octanol–water partition coefficient (Wildman–Crippen LogP) is 1.86. The van der Waals surface area contributed by atoms with E-state index in [9.17, 15) is 10.2 Å². The van der Waals surface area contributed by atoms with Crippen LogP contribution in [0.3, 0.4) is 0 Å². The maximum absolute atomic E-state index is 9.60. The van der Waals surface area contributed by atoms with E-state index in [1.165, 1.54) is 13.2 Å². The van der Waals surface area contributed by atoms with Gasteiger partial charge in [-0.2, -0.15) is 0 Å². The standard InChI is InChI=1S/C12H18O4/c1-4-16-12(8(2)13)9-5-6-10(14)11(7-9)15-3/h5-8,12-14H,4H2,1-3H3/t8-,12-/m0/s1. The van der Waals surface area contributed by atoms with E-state index >= 15 is 0 Å². The van der Waals surface area contributed by atoms with Gasteiger partial charge >= 0.3 is 0 Å². The molecule has 1 aromatic rings. The Labute approximate surface area is 95.4 Å². The first-order chi connectivity index (χ1) is 7.60. The fraction of sp³-hybridized carbons (Fsp3) is 0.500. The minimum Gasteiger partial charge on any atom is -0.504 e.